The smallest absolute Gasteiger partial charge is 0.309 e. The number of halogens is 1. The van der Waals surface area contributed by atoms with E-state index in [1.807, 2.05) is 31.3 Å². The summed E-state index contributed by atoms with van der Waals surface area (Å²) >= 11 is 6.27. The second-order valence-corrected chi connectivity index (χ2v) is 20.6. The van der Waals surface area contributed by atoms with Crippen molar-refractivity contribution in [3.8, 4) is 11.4 Å². The van der Waals surface area contributed by atoms with E-state index in [4.69, 9.17) is 26.5 Å². The molecule has 9 nitrogen and oxygen atoms in total. The number of hydrogen-bond acceptors (Lipinski definition) is 7. The van der Waals surface area contributed by atoms with Crippen LogP contribution >= 0.6 is 11.6 Å². The van der Waals surface area contributed by atoms with Crippen LogP contribution in [0.5, 0.6) is 0 Å². The number of carbonyl (C=O) groups is 3. The largest absolute Gasteiger partial charge is 0.481 e. The van der Waals surface area contributed by atoms with Gasteiger partial charge in [-0.05, 0) is 148 Å². The van der Waals surface area contributed by atoms with E-state index in [0.717, 1.165) is 80.8 Å². The Morgan fingerprint density at radius 2 is 1.75 bits per heavy atom. The highest BCUT2D eigenvalue weighted by atomic mass is 35.5. The molecule has 4 aliphatic rings. The predicted molar refractivity (Wildman–Crippen MR) is 226 cm³/mol. The topological polar surface area (TPSA) is 123 Å². The number of benzene rings is 1. The molecule has 0 aliphatic heterocycles. The lowest BCUT2D eigenvalue weighted by Gasteiger charge is -2.69. The Morgan fingerprint density at radius 3 is 2.39 bits per heavy atom. The zero-order valence-electron chi connectivity index (χ0n) is 36.4. The summed E-state index contributed by atoms with van der Waals surface area (Å²) in [7, 11) is 1.97. The Kier molecular flexibility index (Phi) is 12.4. The zero-order chi connectivity index (χ0) is 41.7. The first kappa shape index (κ1) is 43.5. The summed E-state index contributed by atoms with van der Waals surface area (Å²) in [5, 5.41) is 23.2. The fourth-order valence-electron chi connectivity index (χ4n) is 12.4. The fourth-order valence-corrected chi connectivity index (χ4v) is 12.6. The van der Waals surface area contributed by atoms with Crippen molar-refractivity contribution < 1.29 is 24.2 Å². The van der Waals surface area contributed by atoms with Crippen molar-refractivity contribution in [1.29, 1.82) is 0 Å². The molecule has 0 spiro atoms. The number of aliphatic carboxylic acids is 1. The molecule has 1 aromatic heterocycles. The van der Waals surface area contributed by atoms with Gasteiger partial charge in [-0.2, -0.15) is 0 Å². The molecule has 0 bridgehead atoms. The minimum Gasteiger partial charge on any atom is -0.481 e. The van der Waals surface area contributed by atoms with Crippen LogP contribution in [0.1, 0.15) is 139 Å². The average molecular weight is 806 g/mol. The number of hydrogen-bond donors (Lipinski definition) is 2. The van der Waals surface area contributed by atoms with Crippen LogP contribution in [-0.2, 0) is 32.1 Å². The van der Waals surface area contributed by atoms with Crippen molar-refractivity contribution in [2.24, 2.45) is 50.7 Å². The SMILES string of the molecule is CC[C@H](CC[C@@]1(C)[C@H](C)CC[C@]2(C)[C@@H]1CC[C@@H]1C3=C(C(C)C)C(=O)C[C@]3(Cc3nnc(-c4ccc(Cl)cc4)n3CCNC)CC[C@]12C)OC(=O)CC(C)(C)C(=O)O. The number of allylic oxidation sites excluding steroid dienone is 2. The second-order valence-electron chi connectivity index (χ2n) is 20.1. The van der Waals surface area contributed by atoms with Crippen LogP contribution < -0.4 is 5.32 Å². The number of carboxylic acids is 1. The third-order valence-electron chi connectivity index (χ3n) is 16.3. The van der Waals surface area contributed by atoms with Crippen molar-refractivity contribution in [3.63, 3.8) is 0 Å². The van der Waals surface area contributed by atoms with Gasteiger partial charge in [-0.15, -0.1) is 10.2 Å². The van der Waals surface area contributed by atoms with Crippen molar-refractivity contribution in [1.82, 2.24) is 20.1 Å². The lowest BCUT2D eigenvalue weighted by atomic mass is 9.35. The number of likely N-dealkylation sites (N-methyl/N-ethyl adjacent to an activating group) is 1. The number of carboxylic acid groups (broad SMARTS) is 1. The summed E-state index contributed by atoms with van der Waals surface area (Å²) in [5.74, 6) is 2.18. The molecular weight excluding hydrogens is 736 g/mol. The third kappa shape index (κ3) is 7.66. The molecule has 2 aromatic rings. The Balaban J connectivity index is 1.31. The molecule has 8 atom stereocenters. The predicted octanol–water partition coefficient (Wildman–Crippen LogP) is 10.1. The summed E-state index contributed by atoms with van der Waals surface area (Å²) in [6, 6.07) is 7.81. The normalized spacial score (nSPS) is 31.9. The minimum absolute atomic E-state index is 0.0220. The number of ketones is 1. The van der Waals surface area contributed by atoms with Crippen LogP contribution in [0, 0.1) is 50.7 Å². The summed E-state index contributed by atoms with van der Waals surface area (Å²) in [6.07, 6.45) is 9.85. The number of aromatic nitrogens is 3. The molecule has 314 valence electrons. The van der Waals surface area contributed by atoms with Gasteiger partial charge in [-0.3, -0.25) is 14.4 Å². The molecule has 0 amide bonds. The lowest BCUT2D eigenvalue weighted by Crippen LogP contribution is -2.62. The number of nitrogens with one attached hydrogen (secondary N) is 1. The highest BCUT2D eigenvalue weighted by Crippen LogP contribution is 2.75. The summed E-state index contributed by atoms with van der Waals surface area (Å²) in [4.78, 5) is 39.0. The highest BCUT2D eigenvalue weighted by Gasteiger charge is 2.67. The molecule has 2 N–H and O–H groups in total. The molecule has 6 rings (SSSR count). The Hall–Kier alpha value is -3.04. The fraction of sp³-hybridized carbons (Fsp3) is 0.723. The van der Waals surface area contributed by atoms with Gasteiger partial charge in [0.25, 0.3) is 0 Å². The maximum Gasteiger partial charge on any atom is 0.309 e. The molecule has 4 aliphatic carbocycles. The van der Waals surface area contributed by atoms with Gasteiger partial charge < -0.3 is 19.7 Å². The van der Waals surface area contributed by atoms with E-state index in [1.165, 1.54) is 12.0 Å². The number of fused-ring (bicyclic) bond motifs is 5. The van der Waals surface area contributed by atoms with Gasteiger partial charge in [0.15, 0.2) is 11.6 Å². The van der Waals surface area contributed by atoms with Crippen molar-refractivity contribution in [3.05, 3.63) is 46.3 Å². The van der Waals surface area contributed by atoms with Crippen molar-refractivity contribution >= 4 is 29.3 Å². The zero-order valence-corrected chi connectivity index (χ0v) is 37.2. The van der Waals surface area contributed by atoms with Gasteiger partial charge >= 0.3 is 11.9 Å². The van der Waals surface area contributed by atoms with Crippen LogP contribution in [0.15, 0.2) is 35.4 Å². The van der Waals surface area contributed by atoms with E-state index < -0.39 is 17.4 Å². The van der Waals surface area contributed by atoms with Crippen LogP contribution in [0.2, 0.25) is 5.02 Å². The molecule has 0 unspecified atom stereocenters. The number of nitrogens with zero attached hydrogens (tertiary/aromatic N) is 3. The number of rotatable bonds is 15. The quantitative estimate of drug-likeness (QED) is 0.171. The third-order valence-corrected chi connectivity index (χ3v) is 16.5. The van der Waals surface area contributed by atoms with Crippen LogP contribution in [0.3, 0.4) is 0 Å². The van der Waals surface area contributed by atoms with Crippen LogP contribution in [0.25, 0.3) is 11.4 Å². The first-order valence-electron chi connectivity index (χ1n) is 21.8. The number of ether oxygens (including phenoxy) is 1. The summed E-state index contributed by atoms with van der Waals surface area (Å²) in [6.45, 7) is 21.2. The molecule has 57 heavy (non-hydrogen) atoms. The van der Waals surface area contributed by atoms with Crippen molar-refractivity contribution in [2.75, 3.05) is 13.6 Å². The Labute approximate surface area is 346 Å². The van der Waals surface area contributed by atoms with E-state index in [2.05, 4.69) is 58.4 Å². The van der Waals surface area contributed by atoms with E-state index in [0.29, 0.717) is 47.8 Å². The number of esters is 1. The molecular formula is C47H69ClN4O5. The Bertz CT molecular complexity index is 1870. The Morgan fingerprint density at radius 1 is 1.05 bits per heavy atom. The van der Waals surface area contributed by atoms with Crippen LogP contribution in [-0.4, -0.2) is 57.3 Å². The van der Waals surface area contributed by atoms with Crippen LogP contribution in [0.4, 0.5) is 0 Å². The molecule has 10 heteroatoms. The maximum absolute atomic E-state index is 14.4. The molecule has 3 fully saturated rings. The summed E-state index contributed by atoms with van der Waals surface area (Å²) < 4.78 is 8.24. The first-order chi connectivity index (χ1) is 26.8. The van der Waals surface area contributed by atoms with E-state index in [-0.39, 0.29) is 40.1 Å². The molecule has 3 saturated carbocycles. The molecule has 1 heterocycles. The van der Waals surface area contributed by atoms with Gasteiger partial charge in [0, 0.05) is 41.9 Å². The number of carbonyl (C=O) groups excluding carboxylic acids is 2. The van der Waals surface area contributed by atoms with Gasteiger partial charge in [-0.25, -0.2) is 0 Å². The summed E-state index contributed by atoms with van der Waals surface area (Å²) in [5.41, 5.74) is 2.22. The molecule has 0 saturated heterocycles. The lowest BCUT2D eigenvalue weighted by molar-refractivity contribution is -0.187. The van der Waals surface area contributed by atoms with Gasteiger partial charge in [0.2, 0.25) is 0 Å². The van der Waals surface area contributed by atoms with Gasteiger partial charge in [0.05, 0.1) is 11.8 Å². The average Bonchev–Trinajstić information content (AvgIpc) is 3.68. The molecule has 1 aromatic carbocycles. The molecule has 0 radical (unpaired) electrons. The van der Waals surface area contributed by atoms with E-state index in [9.17, 15) is 19.5 Å². The second kappa shape index (κ2) is 16.2. The standard InChI is InChI=1S/C47H69ClN4O5/c1-11-33(57-38(54)28-43(5,6)42(55)56)19-20-44(7)30(4)18-21-46(9)36(44)17-16-34-40-39(29(2)3)35(53)26-47(40,23-22-45(34,46)8)27-37-50-51-41(52(37)25-24-49-10)31-12-14-32(48)15-13-31/h12-15,29-30,33-34,36,49H,11,16-28H2,1-10H3,(H,55,56)/t30-,33-,34-,36-,44+,45-,46-,47+/m1/s1. The van der Waals surface area contributed by atoms with E-state index >= 15 is 0 Å². The number of Topliss-reactive ketones (excluding diaryl/α,β-unsaturated/α-hetero) is 1. The van der Waals surface area contributed by atoms with Gasteiger partial charge in [-0.1, -0.05) is 65.6 Å². The van der Waals surface area contributed by atoms with Gasteiger partial charge in [0.1, 0.15) is 11.9 Å². The van der Waals surface area contributed by atoms with E-state index in [1.54, 1.807) is 13.8 Å². The minimum atomic E-state index is -1.16. The highest BCUT2D eigenvalue weighted by molar-refractivity contribution is 6.30. The van der Waals surface area contributed by atoms with Crippen molar-refractivity contribution in [2.45, 2.75) is 152 Å². The first-order valence-corrected chi connectivity index (χ1v) is 22.2. The monoisotopic (exact) mass is 804 g/mol. The maximum atomic E-state index is 14.4.